The molecule has 0 unspecified atom stereocenters. The van der Waals surface area contributed by atoms with E-state index >= 15 is 0 Å². The number of carbonyl (C=O) groups is 2. The number of ether oxygens (including phenoxy) is 1. The molecule has 0 aliphatic heterocycles. The van der Waals surface area contributed by atoms with E-state index in [2.05, 4.69) is 0 Å². The van der Waals surface area contributed by atoms with Gasteiger partial charge in [0.25, 0.3) is 0 Å². The first kappa shape index (κ1) is 14.1. The number of esters is 1. The van der Waals surface area contributed by atoms with E-state index in [9.17, 15) is 9.59 Å². The molecule has 0 saturated carbocycles. The van der Waals surface area contributed by atoms with Gasteiger partial charge in [0.15, 0.2) is 12.0 Å². The van der Waals surface area contributed by atoms with Crippen molar-refractivity contribution in [1.82, 2.24) is 0 Å². The SMILES string of the molecule is O=Cc1occc1COC(=O)CCCc1ccccc1. The van der Waals surface area contributed by atoms with Crippen LogP contribution in [0.4, 0.5) is 0 Å². The molecule has 0 spiro atoms. The van der Waals surface area contributed by atoms with Gasteiger partial charge < -0.3 is 9.15 Å². The molecule has 4 heteroatoms. The van der Waals surface area contributed by atoms with E-state index in [4.69, 9.17) is 9.15 Å². The number of hydrogen-bond donors (Lipinski definition) is 0. The van der Waals surface area contributed by atoms with Crippen molar-refractivity contribution in [2.24, 2.45) is 0 Å². The zero-order valence-corrected chi connectivity index (χ0v) is 11.1. The zero-order chi connectivity index (χ0) is 14.2. The molecule has 1 heterocycles. The second-order valence-corrected chi connectivity index (χ2v) is 4.43. The highest BCUT2D eigenvalue weighted by Gasteiger charge is 2.08. The molecule has 0 fully saturated rings. The Morgan fingerprint density at radius 1 is 1.20 bits per heavy atom. The summed E-state index contributed by atoms with van der Waals surface area (Å²) >= 11 is 0. The van der Waals surface area contributed by atoms with Gasteiger partial charge in [-0.2, -0.15) is 0 Å². The van der Waals surface area contributed by atoms with Crippen LogP contribution in [-0.4, -0.2) is 12.3 Å². The van der Waals surface area contributed by atoms with Crippen LogP contribution in [0.2, 0.25) is 0 Å². The molecule has 0 atom stereocenters. The highest BCUT2D eigenvalue weighted by molar-refractivity contribution is 5.73. The molecule has 20 heavy (non-hydrogen) atoms. The number of hydrogen-bond acceptors (Lipinski definition) is 4. The van der Waals surface area contributed by atoms with Crippen molar-refractivity contribution in [1.29, 1.82) is 0 Å². The minimum atomic E-state index is -0.265. The van der Waals surface area contributed by atoms with Gasteiger partial charge >= 0.3 is 5.97 Å². The molecule has 0 amide bonds. The largest absolute Gasteiger partial charge is 0.461 e. The number of aldehydes is 1. The summed E-state index contributed by atoms with van der Waals surface area (Å²) in [7, 11) is 0. The van der Waals surface area contributed by atoms with Crippen molar-refractivity contribution in [3.63, 3.8) is 0 Å². The molecule has 1 aromatic heterocycles. The van der Waals surface area contributed by atoms with E-state index in [-0.39, 0.29) is 18.3 Å². The maximum atomic E-state index is 11.6. The van der Waals surface area contributed by atoms with Gasteiger partial charge in [-0.15, -0.1) is 0 Å². The second kappa shape index (κ2) is 7.28. The van der Waals surface area contributed by atoms with Gasteiger partial charge in [0.2, 0.25) is 0 Å². The summed E-state index contributed by atoms with van der Waals surface area (Å²) in [5.41, 5.74) is 1.80. The van der Waals surface area contributed by atoms with Crippen molar-refractivity contribution in [3.05, 3.63) is 59.5 Å². The summed E-state index contributed by atoms with van der Waals surface area (Å²) in [5, 5.41) is 0. The highest BCUT2D eigenvalue weighted by atomic mass is 16.5. The molecular weight excluding hydrogens is 256 g/mol. The van der Waals surface area contributed by atoms with E-state index in [0.29, 0.717) is 18.3 Å². The molecule has 0 saturated heterocycles. The summed E-state index contributed by atoms with van der Waals surface area (Å²) in [5.74, 6) is -0.0546. The summed E-state index contributed by atoms with van der Waals surface area (Å²) < 4.78 is 10.0. The lowest BCUT2D eigenvalue weighted by Gasteiger charge is -2.04. The molecule has 0 bridgehead atoms. The zero-order valence-electron chi connectivity index (χ0n) is 11.1. The average Bonchev–Trinajstić information content (AvgIpc) is 2.94. The molecule has 0 radical (unpaired) electrons. The number of benzene rings is 1. The Kier molecular flexibility index (Phi) is 5.12. The predicted octanol–water partition coefficient (Wildman–Crippen LogP) is 3.16. The quantitative estimate of drug-likeness (QED) is 0.574. The molecule has 0 aliphatic rings. The number of carbonyl (C=O) groups excluding carboxylic acids is 2. The number of rotatable bonds is 7. The van der Waals surface area contributed by atoms with Crippen molar-refractivity contribution in [2.75, 3.05) is 0 Å². The maximum Gasteiger partial charge on any atom is 0.306 e. The standard InChI is InChI=1S/C16H16O4/c17-11-15-14(9-10-19-15)12-20-16(18)8-4-7-13-5-2-1-3-6-13/h1-3,5-6,9-11H,4,7-8,12H2. The third-order valence-electron chi connectivity index (χ3n) is 2.97. The third kappa shape index (κ3) is 4.09. The first-order chi connectivity index (χ1) is 9.79. The van der Waals surface area contributed by atoms with E-state index in [1.165, 1.54) is 11.8 Å². The van der Waals surface area contributed by atoms with E-state index in [1.54, 1.807) is 6.07 Å². The van der Waals surface area contributed by atoms with E-state index in [0.717, 1.165) is 12.8 Å². The molecule has 2 aromatic rings. The van der Waals surface area contributed by atoms with Gasteiger partial charge in [0.1, 0.15) is 6.61 Å². The second-order valence-electron chi connectivity index (χ2n) is 4.43. The van der Waals surface area contributed by atoms with Crippen LogP contribution in [0.1, 0.15) is 34.5 Å². The summed E-state index contributed by atoms with van der Waals surface area (Å²) in [6.07, 6.45) is 3.97. The molecule has 2 rings (SSSR count). The van der Waals surface area contributed by atoms with Crippen LogP contribution >= 0.6 is 0 Å². The first-order valence-corrected chi connectivity index (χ1v) is 6.50. The van der Waals surface area contributed by atoms with Crippen LogP contribution in [0.3, 0.4) is 0 Å². The maximum absolute atomic E-state index is 11.6. The van der Waals surface area contributed by atoms with Gasteiger partial charge in [0, 0.05) is 12.0 Å². The first-order valence-electron chi connectivity index (χ1n) is 6.50. The van der Waals surface area contributed by atoms with Crippen molar-refractivity contribution in [3.8, 4) is 0 Å². The minimum absolute atomic E-state index is 0.0781. The van der Waals surface area contributed by atoms with Crippen molar-refractivity contribution < 1.29 is 18.7 Å². The van der Waals surface area contributed by atoms with Crippen LogP contribution < -0.4 is 0 Å². The fraction of sp³-hybridized carbons (Fsp3) is 0.250. The molecular formula is C16H16O4. The molecule has 0 aliphatic carbocycles. The summed E-state index contributed by atoms with van der Waals surface area (Å²) in [4.78, 5) is 22.2. The number of furan rings is 1. The van der Waals surface area contributed by atoms with Crippen molar-refractivity contribution in [2.45, 2.75) is 25.9 Å². The Labute approximate surface area is 117 Å². The minimum Gasteiger partial charge on any atom is -0.461 e. The Bertz CT molecular complexity index is 557. The van der Waals surface area contributed by atoms with Crippen molar-refractivity contribution >= 4 is 12.3 Å². The fourth-order valence-electron chi connectivity index (χ4n) is 1.88. The van der Waals surface area contributed by atoms with Gasteiger partial charge in [-0.1, -0.05) is 30.3 Å². The van der Waals surface area contributed by atoms with Gasteiger partial charge in [-0.25, -0.2) is 0 Å². The number of aryl methyl sites for hydroxylation is 1. The fourth-order valence-corrected chi connectivity index (χ4v) is 1.88. The Morgan fingerprint density at radius 3 is 2.75 bits per heavy atom. The molecule has 104 valence electrons. The van der Waals surface area contributed by atoms with Crippen LogP contribution in [0, 0.1) is 0 Å². The predicted molar refractivity (Wildman–Crippen MR) is 73.3 cm³/mol. The average molecular weight is 272 g/mol. The van der Waals surface area contributed by atoms with Gasteiger partial charge in [-0.3, -0.25) is 9.59 Å². The molecule has 0 N–H and O–H groups in total. The van der Waals surface area contributed by atoms with E-state index in [1.807, 2.05) is 30.3 Å². The highest BCUT2D eigenvalue weighted by Crippen LogP contribution is 2.11. The Morgan fingerprint density at radius 2 is 2.00 bits per heavy atom. The lowest BCUT2D eigenvalue weighted by Crippen LogP contribution is -2.05. The van der Waals surface area contributed by atoms with E-state index < -0.39 is 0 Å². The van der Waals surface area contributed by atoms with Gasteiger partial charge in [0.05, 0.1) is 6.26 Å². The van der Waals surface area contributed by atoms with Crippen LogP contribution in [0.5, 0.6) is 0 Å². The van der Waals surface area contributed by atoms with Crippen LogP contribution in [0.25, 0.3) is 0 Å². The van der Waals surface area contributed by atoms with Crippen LogP contribution in [-0.2, 0) is 22.6 Å². The summed E-state index contributed by atoms with van der Waals surface area (Å²) in [6.45, 7) is 0.0781. The summed E-state index contributed by atoms with van der Waals surface area (Å²) in [6, 6.07) is 11.6. The molecule has 4 nitrogen and oxygen atoms in total. The van der Waals surface area contributed by atoms with Crippen LogP contribution in [0.15, 0.2) is 47.1 Å². The smallest absolute Gasteiger partial charge is 0.306 e. The third-order valence-corrected chi connectivity index (χ3v) is 2.97. The monoisotopic (exact) mass is 272 g/mol. The lowest BCUT2D eigenvalue weighted by atomic mass is 10.1. The Balaban J connectivity index is 1.69. The molecule has 1 aromatic carbocycles. The lowest BCUT2D eigenvalue weighted by molar-refractivity contribution is -0.145. The normalized spacial score (nSPS) is 10.2. The van der Waals surface area contributed by atoms with Gasteiger partial charge in [-0.05, 0) is 24.5 Å². The topological polar surface area (TPSA) is 56.5 Å². The Hall–Kier alpha value is -2.36.